The monoisotopic (exact) mass is 1210 g/mol. The Balaban J connectivity index is 0.000000546. The highest BCUT2D eigenvalue weighted by atomic mass is 16.6. The van der Waals surface area contributed by atoms with Crippen molar-refractivity contribution in [3.8, 4) is 23.0 Å². The number of carbonyl (C=O) groups excluding carboxylic acids is 6. The van der Waals surface area contributed by atoms with Gasteiger partial charge in [0.2, 0.25) is 0 Å². The van der Waals surface area contributed by atoms with Gasteiger partial charge in [-0.15, -0.1) is 0 Å². The van der Waals surface area contributed by atoms with Crippen LogP contribution in [0.1, 0.15) is 137 Å². The van der Waals surface area contributed by atoms with Crippen molar-refractivity contribution in [1.82, 2.24) is 10.6 Å². The number of hydrogen-bond acceptors (Lipinski definition) is 16. The summed E-state index contributed by atoms with van der Waals surface area (Å²) in [6.45, 7) is 17.8. The molecule has 19 heteroatoms. The standard InChI is InChI=1S/C20H23NO3.C15H21NO3.C10H13NO.C10H12O3.C7H13NO4.C7H9N/c1-3-18(17-11-12-19(23)14(2)20(17)24)21-13-16(22)10-9-15-7-5-4-6-8-15;1-15(2,3)19-14(18)16-11-13(17)10-9-12-7-5-4-6-8-12;11-8-10(12)7-6-9-4-2-1-3-5-9;1-3-8(11)7-4-5-9(12)6(2)10(7)13;1-7(2,3)12-6(11)8-4-5(9)10;8-6-7-4-2-1-3-5-7/h4-8,11-12,23-24H,3,9-10,13H2,1-2H3;4-8H,9-11H2,1-3H3,(H,16,18);1-5H,6-8,11H2;4-5,12-13H,3H2,1-2H3;4H2,1-3H3,(H,8,11)(H,9,10);1-5H,6,8H2. The summed E-state index contributed by atoms with van der Waals surface area (Å²) in [4.78, 5) is 82.3. The smallest absolute Gasteiger partial charge is 0.408 e. The molecule has 6 aromatic carbocycles. The molecule has 6 aromatic rings. The van der Waals surface area contributed by atoms with Crippen LogP contribution in [0, 0.1) is 13.8 Å². The van der Waals surface area contributed by atoms with Crippen LogP contribution in [0.3, 0.4) is 0 Å². The summed E-state index contributed by atoms with van der Waals surface area (Å²) in [6, 6.07) is 45.6. The normalized spacial score (nSPS) is 10.6. The summed E-state index contributed by atoms with van der Waals surface area (Å²) in [5.41, 5.74) is 16.3. The molecule has 0 saturated carbocycles. The van der Waals surface area contributed by atoms with Crippen molar-refractivity contribution < 1.29 is 68.6 Å². The lowest BCUT2D eigenvalue weighted by atomic mass is 10.0. The second kappa shape index (κ2) is 41.8. The van der Waals surface area contributed by atoms with Crippen molar-refractivity contribution in [2.75, 3.05) is 26.2 Å². The topological polar surface area (TPSA) is 328 Å². The van der Waals surface area contributed by atoms with Gasteiger partial charge in [-0.25, -0.2) is 9.59 Å². The van der Waals surface area contributed by atoms with Gasteiger partial charge in [-0.05, 0) is 128 Å². The molecule has 2 amide bonds. The van der Waals surface area contributed by atoms with E-state index in [1.54, 1.807) is 68.4 Å². The van der Waals surface area contributed by atoms with Crippen molar-refractivity contribution in [1.29, 1.82) is 0 Å². The molecule has 0 aliphatic heterocycles. The summed E-state index contributed by atoms with van der Waals surface area (Å²) in [6.07, 6.45) is 3.30. The summed E-state index contributed by atoms with van der Waals surface area (Å²) in [5.74, 6) is -1.08. The maximum atomic E-state index is 12.1. The second-order valence-electron chi connectivity index (χ2n) is 21.7. The number of aliphatic imine (C=N–C) groups is 1. The van der Waals surface area contributed by atoms with Crippen molar-refractivity contribution in [2.24, 2.45) is 16.5 Å². The maximum absolute atomic E-state index is 12.1. The number of hydrogen-bond donors (Lipinski definition) is 9. The zero-order valence-corrected chi connectivity index (χ0v) is 52.6. The zero-order chi connectivity index (χ0) is 66.2. The summed E-state index contributed by atoms with van der Waals surface area (Å²) >= 11 is 0. The Hall–Kier alpha value is -9.20. The second-order valence-corrected chi connectivity index (χ2v) is 21.7. The van der Waals surface area contributed by atoms with Gasteiger partial charge in [0.15, 0.2) is 17.3 Å². The number of carbonyl (C=O) groups is 7. The lowest BCUT2D eigenvalue weighted by Crippen LogP contribution is -2.35. The van der Waals surface area contributed by atoms with E-state index in [9.17, 15) is 54.0 Å². The van der Waals surface area contributed by atoms with Gasteiger partial charge >= 0.3 is 18.2 Å². The predicted molar refractivity (Wildman–Crippen MR) is 344 cm³/mol. The molecule has 0 fully saturated rings. The molecule has 6 rings (SSSR count). The highest BCUT2D eigenvalue weighted by Crippen LogP contribution is 2.31. The number of aliphatic carboxylic acids is 1. The first-order chi connectivity index (χ1) is 41.5. The summed E-state index contributed by atoms with van der Waals surface area (Å²) < 4.78 is 9.82. The van der Waals surface area contributed by atoms with Gasteiger partial charge in [0.05, 0.1) is 25.2 Å². The van der Waals surface area contributed by atoms with Gasteiger partial charge in [-0.3, -0.25) is 29.0 Å². The van der Waals surface area contributed by atoms with Crippen LogP contribution in [0.5, 0.6) is 23.0 Å². The molecule has 0 aliphatic rings. The quantitative estimate of drug-likeness (QED) is 0.0239. The third-order valence-electron chi connectivity index (χ3n) is 12.0. The molecule has 0 radical (unpaired) electrons. The van der Waals surface area contributed by atoms with E-state index in [4.69, 9.17) is 26.0 Å². The van der Waals surface area contributed by atoms with Gasteiger partial charge in [0, 0.05) is 54.6 Å². The molecule has 88 heavy (non-hydrogen) atoms. The molecular formula is C69H91N5O14. The number of aryl methyl sites for hydroxylation is 3. The van der Waals surface area contributed by atoms with E-state index in [-0.39, 0.29) is 71.3 Å². The van der Waals surface area contributed by atoms with Crippen molar-refractivity contribution in [3.63, 3.8) is 0 Å². The number of ether oxygens (including phenoxy) is 2. The summed E-state index contributed by atoms with van der Waals surface area (Å²) in [7, 11) is 0. The number of aromatic hydroxyl groups is 4. The molecule has 19 nitrogen and oxygen atoms in total. The number of amides is 2. The number of carboxylic acids is 1. The maximum Gasteiger partial charge on any atom is 0.408 e. The molecule has 0 aliphatic carbocycles. The predicted octanol–water partition coefficient (Wildman–Crippen LogP) is 11.4. The van der Waals surface area contributed by atoms with Gasteiger partial charge in [-0.1, -0.05) is 135 Å². The Bertz CT molecular complexity index is 3110. The first-order valence-corrected chi connectivity index (χ1v) is 28.9. The number of alkyl carbamates (subject to hydrolysis) is 2. The third kappa shape index (κ3) is 34.7. The van der Waals surface area contributed by atoms with Crippen LogP contribution in [-0.2, 0) is 54.5 Å². The van der Waals surface area contributed by atoms with Gasteiger partial charge < -0.3 is 57.1 Å². The van der Waals surface area contributed by atoms with Crippen molar-refractivity contribution in [2.45, 2.75) is 138 Å². The lowest BCUT2D eigenvalue weighted by Gasteiger charge is -2.19. The van der Waals surface area contributed by atoms with Gasteiger partial charge in [0.1, 0.15) is 46.5 Å². The van der Waals surface area contributed by atoms with E-state index < -0.39 is 35.9 Å². The largest absolute Gasteiger partial charge is 0.508 e. The number of nitrogens with zero attached hydrogens (tertiary/aromatic N) is 1. The molecule has 0 bridgehead atoms. The fourth-order valence-corrected chi connectivity index (χ4v) is 7.21. The van der Waals surface area contributed by atoms with Crippen molar-refractivity contribution in [3.05, 3.63) is 190 Å². The number of rotatable bonds is 21. The van der Waals surface area contributed by atoms with Gasteiger partial charge in [-0.2, -0.15) is 0 Å². The van der Waals surface area contributed by atoms with Crippen LogP contribution in [0.25, 0.3) is 0 Å². The number of benzene rings is 6. The zero-order valence-electron chi connectivity index (χ0n) is 52.6. The van der Waals surface area contributed by atoms with E-state index in [0.717, 1.165) is 17.5 Å². The molecule has 11 N–H and O–H groups in total. The number of phenolic OH excluding ortho intramolecular Hbond substituents is 4. The fraction of sp³-hybridized carbons (Fsp3) is 0.362. The number of phenols is 4. The Kier molecular flexibility index (Phi) is 36.5. The van der Waals surface area contributed by atoms with Crippen LogP contribution >= 0.6 is 0 Å². The highest BCUT2D eigenvalue weighted by molar-refractivity contribution is 6.04. The SMILES string of the molecule is CC(C)(C)OC(=O)NCC(=O)CCc1ccccc1.CC(C)(C)OC(=O)NCC(=O)O.CCC(=NCC(=O)CCc1ccccc1)c1ccc(O)c(C)c1O.CCC(=O)c1ccc(O)c(C)c1O.NCC(=O)CCc1ccccc1.NCc1ccccc1. The number of ketones is 4. The van der Waals surface area contributed by atoms with E-state index in [2.05, 4.69) is 15.6 Å². The first-order valence-electron chi connectivity index (χ1n) is 28.9. The van der Waals surface area contributed by atoms with Crippen LogP contribution in [0.4, 0.5) is 9.59 Å². The van der Waals surface area contributed by atoms with Crippen LogP contribution in [0.2, 0.25) is 0 Å². The fourth-order valence-electron chi connectivity index (χ4n) is 7.21. The minimum Gasteiger partial charge on any atom is -0.508 e. The number of carboxylic acid groups (broad SMARTS) is 1. The molecule has 0 saturated heterocycles. The average molecular weight is 1210 g/mol. The Morgan fingerprint density at radius 3 is 1.19 bits per heavy atom. The van der Waals surface area contributed by atoms with Crippen LogP contribution in [-0.4, -0.2) is 110 Å². The van der Waals surface area contributed by atoms with E-state index in [1.165, 1.54) is 29.3 Å². The average Bonchev–Trinajstić information content (AvgIpc) is 1.58. The Morgan fingerprint density at radius 2 is 0.841 bits per heavy atom. The molecule has 0 heterocycles. The highest BCUT2D eigenvalue weighted by Gasteiger charge is 2.18. The molecule has 0 atom stereocenters. The first kappa shape index (κ1) is 76.8. The lowest BCUT2D eigenvalue weighted by molar-refractivity contribution is -0.136. The van der Waals surface area contributed by atoms with E-state index in [1.807, 2.05) is 128 Å². The Labute approximate surface area is 518 Å². The van der Waals surface area contributed by atoms with Gasteiger partial charge in [0.25, 0.3) is 0 Å². The molecule has 476 valence electrons. The molecular weight excluding hydrogens is 1120 g/mol. The number of nitrogens with one attached hydrogen (secondary N) is 2. The molecule has 0 spiro atoms. The molecule has 0 unspecified atom stereocenters. The summed E-state index contributed by atoms with van der Waals surface area (Å²) in [5, 5.41) is 51.2. The minimum absolute atomic E-state index is 0.00477. The number of nitrogens with two attached hydrogens (primary N) is 2. The van der Waals surface area contributed by atoms with Crippen LogP contribution < -0.4 is 22.1 Å². The Morgan fingerprint density at radius 1 is 0.477 bits per heavy atom. The minimum atomic E-state index is -1.10. The van der Waals surface area contributed by atoms with E-state index >= 15 is 0 Å². The van der Waals surface area contributed by atoms with Crippen molar-refractivity contribution >= 4 is 47.0 Å². The third-order valence-corrected chi connectivity index (χ3v) is 12.0. The number of Topliss-reactive ketones (excluding diaryl/α,β-unsaturated/α-hetero) is 4. The van der Waals surface area contributed by atoms with E-state index in [0.29, 0.717) is 73.9 Å². The van der Waals surface area contributed by atoms with Crippen LogP contribution in [0.15, 0.2) is 151 Å². The molecule has 0 aromatic heterocycles.